The summed E-state index contributed by atoms with van der Waals surface area (Å²) in [6, 6.07) is 3.51. The molecule has 0 unspecified atom stereocenters. The third-order valence-corrected chi connectivity index (χ3v) is 1.69. The van der Waals surface area contributed by atoms with Gasteiger partial charge < -0.3 is 5.73 Å². The van der Waals surface area contributed by atoms with E-state index in [0.717, 1.165) is 10.4 Å². The number of carbonyl (C=O) groups excluding carboxylic acids is 1. The monoisotopic (exact) mass is 204 g/mol. The van der Waals surface area contributed by atoms with E-state index in [4.69, 9.17) is 5.73 Å². The van der Waals surface area contributed by atoms with Crippen molar-refractivity contribution in [2.45, 2.75) is 6.54 Å². The van der Waals surface area contributed by atoms with Crippen LogP contribution in [0.4, 0.5) is 0 Å². The van der Waals surface area contributed by atoms with Crippen LogP contribution < -0.4 is 5.73 Å². The molecular weight excluding hydrogens is 196 g/mol. The van der Waals surface area contributed by atoms with Gasteiger partial charge >= 0.3 is 0 Å². The summed E-state index contributed by atoms with van der Waals surface area (Å²) in [5, 5.41) is 11.5. The molecular formula is C8H8N6O. The molecule has 0 fully saturated rings. The molecule has 0 bridgehead atoms. The third-order valence-electron chi connectivity index (χ3n) is 1.69. The zero-order valence-electron chi connectivity index (χ0n) is 7.74. The van der Waals surface area contributed by atoms with Gasteiger partial charge in [-0.1, -0.05) is 0 Å². The first-order chi connectivity index (χ1) is 7.25. The summed E-state index contributed by atoms with van der Waals surface area (Å²) in [6.07, 6.45) is 3.26. The molecule has 2 heterocycles. The van der Waals surface area contributed by atoms with Crippen molar-refractivity contribution in [1.82, 2.24) is 25.2 Å². The van der Waals surface area contributed by atoms with Crippen LogP contribution in [-0.4, -0.2) is 31.1 Å². The number of hydrogen-bond donors (Lipinski definition) is 1. The van der Waals surface area contributed by atoms with E-state index in [9.17, 15) is 4.79 Å². The van der Waals surface area contributed by atoms with Crippen LogP contribution in [0.5, 0.6) is 0 Å². The zero-order chi connectivity index (χ0) is 10.7. The van der Waals surface area contributed by atoms with E-state index in [1.165, 1.54) is 0 Å². The Labute approximate surface area is 84.9 Å². The van der Waals surface area contributed by atoms with Crippen LogP contribution in [-0.2, 0) is 11.3 Å². The van der Waals surface area contributed by atoms with Crippen molar-refractivity contribution in [1.29, 1.82) is 0 Å². The highest BCUT2D eigenvalue weighted by molar-refractivity contribution is 5.73. The van der Waals surface area contributed by atoms with Crippen molar-refractivity contribution in [3.63, 3.8) is 0 Å². The van der Waals surface area contributed by atoms with E-state index in [-0.39, 0.29) is 6.54 Å². The number of carbonyl (C=O) groups is 1. The summed E-state index contributed by atoms with van der Waals surface area (Å²) in [7, 11) is 0. The molecule has 0 aromatic carbocycles. The molecule has 15 heavy (non-hydrogen) atoms. The van der Waals surface area contributed by atoms with Gasteiger partial charge in [-0.05, 0) is 17.3 Å². The van der Waals surface area contributed by atoms with Crippen molar-refractivity contribution in [3.05, 3.63) is 24.5 Å². The highest BCUT2D eigenvalue weighted by Gasteiger charge is 2.06. The molecule has 1 amide bonds. The fraction of sp³-hybridized carbons (Fsp3) is 0.125. The third kappa shape index (κ3) is 2.13. The number of pyridine rings is 1. The molecule has 7 heteroatoms. The number of nitrogens with two attached hydrogens (primary N) is 1. The maximum Gasteiger partial charge on any atom is 0.241 e. The Morgan fingerprint density at radius 2 is 2.13 bits per heavy atom. The van der Waals surface area contributed by atoms with Crippen LogP contribution in [0.3, 0.4) is 0 Å². The Balaban J connectivity index is 2.24. The molecule has 0 radical (unpaired) electrons. The standard InChI is InChI=1S/C8H8N6O/c9-7(15)5-14-12-8(11-13-14)6-1-3-10-4-2-6/h1-4H,5H2,(H2,9,15). The Morgan fingerprint density at radius 3 is 2.80 bits per heavy atom. The van der Waals surface area contributed by atoms with Gasteiger partial charge in [-0.2, -0.15) is 4.80 Å². The van der Waals surface area contributed by atoms with Crippen molar-refractivity contribution in [3.8, 4) is 11.4 Å². The van der Waals surface area contributed by atoms with E-state index >= 15 is 0 Å². The summed E-state index contributed by atoms with van der Waals surface area (Å²) in [5.74, 6) is -0.0627. The lowest BCUT2D eigenvalue weighted by Crippen LogP contribution is -2.20. The molecule has 0 saturated carbocycles. The van der Waals surface area contributed by atoms with Crippen molar-refractivity contribution < 1.29 is 4.79 Å². The molecule has 7 nitrogen and oxygen atoms in total. The number of tetrazole rings is 1. The minimum Gasteiger partial charge on any atom is -0.368 e. The molecule has 76 valence electrons. The highest BCUT2D eigenvalue weighted by atomic mass is 16.1. The van der Waals surface area contributed by atoms with Crippen LogP contribution in [0, 0.1) is 0 Å². The lowest BCUT2D eigenvalue weighted by atomic mass is 10.3. The van der Waals surface area contributed by atoms with Crippen LogP contribution in [0.1, 0.15) is 0 Å². The summed E-state index contributed by atoms with van der Waals surface area (Å²) in [4.78, 5) is 15.6. The summed E-state index contributed by atoms with van der Waals surface area (Å²) >= 11 is 0. The predicted octanol–water partition coefficient (Wildman–Crippen LogP) is -0.780. The number of rotatable bonds is 3. The second-order valence-corrected chi connectivity index (χ2v) is 2.85. The number of hydrogen-bond acceptors (Lipinski definition) is 5. The molecule has 2 N–H and O–H groups in total. The van der Waals surface area contributed by atoms with Gasteiger partial charge in [0.05, 0.1) is 0 Å². The van der Waals surface area contributed by atoms with E-state index in [1.807, 2.05) is 0 Å². The van der Waals surface area contributed by atoms with Crippen molar-refractivity contribution in [2.24, 2.45) is 5.73 Å². The largest absolute Gasteiger partial charge is 0.368 e. The normalized spacial score (nSPS) is 10.1. The molecule has 2 aromatic rings. The number of primary amides is 1. The van der Waals surface area contributed by atoms with E-state index < -0.39 is 5.91 Å². The van der Waals surface area contributed by atoms with Gasteiger partial charge in [0.25, 0.3) is 0 Å². The molecule has 2 aromatic heterocycles. The van der Waals surface area contributed by atoms with Crippen molar-refractivity contribution in [2.75, 3.05) is 0 Å². The van der Waals surface area contributed by atoms with Crippen molar-refractivity contribution >= 4 is 5.91 Å². The van der Waals surface area contributed by atoms with Gasteiger partial charge in [-0.25, -0.2) is 0 Å². The minimum absolute atomic E-state index is 0.0713. The first kappa shape index (κ1) is 9.25. The summed E-state index contributed by atoms with van der Waals surface area (Å²) < 4.78 is 0. The smallest absolute Gasteiger partial charge is 0.241 e. The van der Waals surface area contributed by atoms with Gasteiger partial charge in [0.2, 0.25) is 11.7 Å². The summed E-state index contributed by atoms with van der Waals surface area (Å²) in [5.41, 5.74) is 5.79. The predicted molar refractivity (Wildman–Crippen MR) is 50.2 cm³/mol. The molecule has 0 atom stereocenters. The molecule has 2 rings (SSSR count). The molecule has 0 aliphatic heterocycles. The minimum atomic E-state index is -0.506. The maximum absolute atomic E-state index is 10.6. The van der Waals surface area contributed by atoms with Gasteiger partial charge in [0.1, 0.15) is 6.54 Å². The molecule has 0 spiro atoms. The number of amides is 1. The molecule has 0 aliphatic carbocycles. The van der Waals surface area contributed by atoms with Crippen LogP contribution in [0.25, 0.3) is 11.4 Å². The van der Waals surface area contributed by atoms with Crippen LogP contribution >= 0.6 is 0 Å². The van der Waals surface area contributed by atoms with Gasteiger partial charge in [0, 0.05) is 18.0 Å². The second kappa shape index (κ2) is 3.82. The van der Waals surface area contributed by atoms with Gasteiger partial charge in [0.15, 0.2) is 0 Å². The second-order valence-electron chi connectivity index (χ2n) is 2.85. The zero-order valence-corrected chi connectivity index (χ0v) is 7.74. The Bertz CT molecular complexity index is 465. The van der Waals surface area contributed by atoms with E-state index in [2.05, 4.69) is 20.4 Å². The van der Waals surface area contributed by atoms with Gasteiger partial charge in [-0.3, -0.25) is 9.78 Å². The lowest BCUT2D eigenvalue weighted by molar-refractivity contribution is -0.118. The van der Waals surface area contributed by atoms with Crippen LogP contribution in [0.2, 0.25) is 0 Å². The fourth-order valence-corrected chi connectivity index (χ4v) is 1.07. The van der Waals surface area contributed by atoms with E-state index in [0.29, 0.717) is 5.82 Å². The number of aromatic nitrogens is 5. The maximum atomic E-state index is 10.6. The van der Waals surface area contributed by atoms with Gasteiger partial charge in [-0.15, -0.1) is 10.2 Å². The first-order valence-corrected chi connectivity index (χ1v) is 4.22. The first-order valence-electron chi connectivity index (χ1n) is 4.22. The van der Waals surface area contributed by atoms with Crippen LogP contribution in [0.15, 0.2) is 24.5 Å². The van der Waals surface area contributed by atoms with E-state index in [1.54, 1.807) is 24.5 Å². The Kier molecular flexibility index (Phi) is 2.36. The lowest BCUT2D eigenvalue weighted by Gasteiger charge is -1.92. The SMILES string of the molecule is NC(=O)Cn1nnc(-c2ccncc2)n1. The Hall–Kier alpha value is -2.31. The molecule has 0 aliphatic rings. The average Bonchev–Trinajstić information content (AvgIpc) is 2.67. The number of nitrogens with zero attached hydrogens (tertiary/aromatic N) is 5. The topological polar surface area (TPSA) is 99.6 Å². The fourth-order valence-electron chi connectivity index (χ4n) is 1.07. The average molecular weight is 204 g/mol. The molecule has 0 saturated heterocycles. The quantitative estimate of drug-likeness (QED) is 0.706. The highest BCUT2D eigenvalue weighted by Crippen LogP contribution is 2.10. The summed E-state index contributed by atoms with van der Waals surface area (Å²) in [6.45, 7) is -0.0713. The Morgan fingerprint density at radius 1 is 1.40 bits per heavy atom.